The zero-order valence-corrected chi connectivity index (χ0v) is 13.6. The van der Waals surface area contributed by atoms with Crippen molar-refractivity contribution in [3.63, 3.8) is 0 Å². The molecule has 0 N–H and O–H groups in total. The predicted molar refractivity (Wildman–Crippen MR) is 95.3 cm³/mol. The van der Waals surface area contributed by atoms with Crippen molar-refractivity contribution in [2.75, 3.05) is 7.05 Å². The summed E-state index contributed by atoms with van der Waals surface area (Å²) in [4.78, 5) is 14.2. The highest BCUT2D eigenvalue weighted by Gasteiger charge is 2.10. The van der Waals surface area contributed by atoms with E-state index < -0.39 is 0 Å². The summed E-state index contributed by atoms with van der Waals surface area (Å²) in [7, 11) is 1.87. The number of carbonyl (C=O) groups is 1. The number of aryl methyl sites for hydroxylation is 1. The Balaban J connectivity index is 1.68. The molecule has 0 radical (unpaired) electrons. The molecule has 0 aliphatic carbocycles. The average Bonchev–Trinajstić information content (AvgIpc) is 2.56. The lowest BCUT2D eigenvalue weighted by Crippen LogP contribution is -2.27. The van der Waals surface area contributed by atoms with E-state index in [0.29, 0.717) is 13.0 Å². The van der Waals surface area contributed by atoms with E-state index in [1.807, 2.05) is 43.4 Å². The second kappa shape index (κ2) is 6.66. The number of hydrogen-bond acceptors (Lipinski definition) is 1. The van der Waals surface area contributed by atoms with E-state index in [2.05, 4.69) is 37.3 Å². The van der Waals surface area contributed by atoms with Crippen molar-refractivity contribution in [1.82, 2.24) is 4.90 Å². The van der Waals surface area contributed by atoms with Crippen molar-refractivity contribution in [3.05, 3.63) is 83.4 Å². The van der Waals surface area contributed by atoms with Crippen molar-refractivity contribution in [3.8, 4) is 0 Å². The van der Waals surface area contributed by atoms with Gasteiger partial charge < -0.3 is 4.90 Å². The number of rotatable bonds is 4. The van der Waals surface area contributed by atoms with Crippen LogP contribution in [-0.4, -0.2) is 17.9 Å². The second-order valence-electron chi connectivity index (χ2n) is 6.09. The van der Waals surface area contributed by atoms with Crippen molar-refractivity contribution < 1.29 is 4.79 Å². The Kier molecular flexibility index (Phi) is 4.42. The third kappa shape index (κ3) is 3.78. The topological polar surface area (TPSA) is 20.3 Å². The molecular weight excluding hydrogens is 282 g/mol. The van der Waals surface area contributed by atoms with E-state index in [9.17, 15) is 4.79 Å². The molecule has 0 heterocycles. The van der Waals surface area contributed by atoms with Crippen LogP contribution in [0.5, 0.6) is 0 Å². The van der Waals surface area contributed by atoms with Crippen LogP contribution in [0.25, 0.3) is 10.8 Å². The molecule has 3 aromatic rings. The van der Waals surface area contributed by atoms with E-state index in [0.717, 1.165) is 11.1 Å². The van der Waals surface area contributed by atoms with Crippen molar-refractivity contribution >= 4 is 16.7 Å². The van der Waals surface area contributed by atoms with Crippen LogP contribution in [0.4, 0.5) is 0 Å². The van der Waals surface area contributed by atoms with Crippen LogP contribution in [0, 0.1) is 6.92 Å². The van der Waals surface area contributed by atoms with Gasteiger partial charge in [-0.2, -0.15) is 0 Å². The Morgan fingerprint density at radius 2 is 1.52 bits per heavy atom. The zero-order valence-electron chi connectivity index (χ0n) is 13.6. The maximum atomic E-state index is 12.4. The van der Waals surface area contributed by atoms with Gasteiger partial charge in [0.15, 0.2) is 0 Å². The van der Waals surface area contributed by atoms with Crippen LogP contribution < -0.4 is 0 Å². The first kappa shape index (κ1) is 15.3. The van der Waals surface area contributed by atoms with Crippen LogP contribution in [0.3, 0.4) is 0 Å². The summed E-state index contributed by atoms with van der Waals surface area (Å²) in [6.45, 7) is 2.69. The highest BCUT2D eigenvalue weighted by Crippen LogP contribution is 2.17. The number of fused-ring (bicyclic) bond motifs is 1. The normalized spacial score (nSPS) is 10.7. The van der Waals surface area contributed by atoms with Gasteiger partial charge in [0, 0.05) is 13.6 Å². The summed E-state index contributed by atoms with van der Waals surface area (Å²) in [6, 6.07) is 22.8. The molecule has 0 unspecified atom stereocenters. The molecule has 0 fully saturated rings. The predicted octanol–water partition coefficient (Wildman–Crippen LogP) is 4.35. The van der Waals surface area contributed by atoms with E-state index >= 15 is 0 Å². The molecule has 0 aromatic heterocycles. The van der Waals surface area contributed by atoms with Gasteiger partial charge in [-0.05, 0) is 34.9 Å². The van der Waals surface area contributed by atoms with Crippen LogP contribution in [0.2, 0.25) is 0 Å². The first-order chi connectivity index (χ1) is 11.1. The molecule has 0 bridgehead atoms. The summed E-state index contributed by atoms with van der Waals surface area (Å²) >= 11 is 0. The Labute approximate surface area is 137 Å². The SMILES string of the molecule is Cc1ccc(CC(=O)N(C)Cc2ccc3ccccc3c2)cc1. The Morgan fingerprint density at radius 1 is 0.870 bits per heavy atom. The van der Waals surface area contributed by atoms with Gasteiger partial charge in [-0.1, -0.05) is 66.2 Å². The third-order valence-electron chi connectivity index (χ3n) is 4.14. The van der Waals surface area contributed by atoms with Crippen LogP contribution in [-0.2, 0) is 17.8 Å². The van der Waals surface area contributed by atoms with E-state index in [1.165, 1.54) is 16.3 Å². The van der Waals surface area contributed by atoms with Crippen molar-refractivity contribution in [2.45, 2.75) is 19.9 Å². The molecule has 0 saturated heterocycles. The number of hydrogen-bond donors (Lipinski definition) is 0. The Morgan fingerprint density at radius 3 is 2.26 bits per heavy atom. The van der Waals surface area contributed by atoms with Crippen molar-refractivity contribution in [2.24, 2.45) is 0 Å². The first-order valence-electron chi connectivity index (χ1n) is 7.89. The lowest BCUT2D eigenvalue weighted by molar-refractivity contribution is -0.129. The summed E-state index contributed by atoms with van der Waals surface area (Å²) in [5, 5.41) is 2.44. The lowest BCUT2D eigenvalue weighted by Gasteiger charge is -2.18. The molecule has 1 amide bonds. The molecule has 0 spiro atoms. The first-order valence-corrected chi connectivity index (χ1v) is 7.89. The number of carbonyl (C=O) groups excluding carboxylic acids is 1. The van der Waals surface area contributed by atoms with Gasteiger partial charge in [0.2, 0.25) is 5.91 Å². The standard InChI is InChI=1S/C21H21NO/c1-16-7-9-17(10-8-16)14-21(23)22(2)15-18-11-12-19-5-3-4-6-20(19)13-18/h3-13H,14-15H2,1-2H3. The van der Waals surface area contributed by atoms with Gasteiger partial charge in [0.25, 0.3) is 0 Å². The highest BCUT2D eigenvalue weighted by molar-refractivity contribution is 5.83. The molecular formula is C21H21NO. The second-order valence-corrected chi connectivity index (χ2v) is 6.09. The Bertz CT molecular complexity index is 821. The molecule has 2 heteroatoms. The van der Waals surface area contributed by atoms with Crippen LogP contribution in [0.1, 0.15) is 16.7 Å². The minimum Gasteiger partial charge on any atom is -0.341 e. The van der Waals surface area contributed by atoms with E-state index in [1.54, 1.807) is 4.90 Å². The van der Waals surface area contributed by atoms with Crippen LogP contribution in [0.15, 0.2) is 66.7 Å². The number of amides is 1. The highest BCUT2D eigenvalue weighted by atomic mass is 16.2. The molecule has 3 rings (SSSR count). The van der Waals surface area contributed by atoms with Gasteiger partial charge in [0.05, 0.1) is 6.42 Å². The maximum absolute atomic E-state index is 12.4. The molecule has 116 valence electrons. The third-order valence-corrected chi connectivity index (χ3v) is 4.14. The average molecular weight is 303 g/mol. The fourth-order valence-corrected chi connectivity index (χ4v) is 2.71. The smallest absolute Gasteiger partial charge is 0.227 e. The number of benzene rings is 3. The molecule has 0 aliphatic heterocycles. The maximum Gasteiger partial charge on any atom is 0.227 e. The minimum atomic E-state index is 0.141. The summed E-state index contributed by atoms with van der Waals surface area (Å²) < 4.78 is 0. The van der Waals surface area contributed by atoms with Gasteiger partial charge in [-0.3, -0.25) is 4.79 Å². The summed E-state index contributed by atoms with van der Waals surface area (Å²) in [5.41, 5.74) is 3.43. The quantitative estimate of drug-likeness (QED) is 0.701. The Hall–Kier alpha value is -2.61. The molecule has 23 heavy (non-hydrogen) atoms. The van der Waals surface area contributed by atoms with Gasteiger partial charge in [-0.25, -0.2) is 0 Å². The summed E-state index contributed by atoms with van der Waals surface area (Å²) in [6.07, 6.45) is 0.449. The molecule has 0 aliphatic rings. The monoisotopic (exact) mass is 303 g/mol. The fraction of sp³-hybridized carbons (Fsp3) is 0.190. The lowest BCUT2D eigenvalue weighted by atomic mass is 10.1. The number of likely N-dealkylation sites (N-methyl/N-ethyl adjacent to an activating group) is 1. The molecule has 3 aromatic carbocycles. The number of nitrogens with zero attached hydrogens (tertiary/aromatic N) is 1. The largest absolute Gasteiger partial charge is 0.341 e. The van der Waals surface area contributed by atoms with Crippen LogP contribution >= 0.6 is 0 Å². The van der Waals surface area contributed by atoms with E-state index in [4.69, 9.17) is 0 Å². The van der Waals surface area contributed by atoms with Gasteiger partial charge in [-0.15, -0.1) is 0 Å². The zero-order chi connectivity index (χ0) is 16.2. The fourth-order valence-electron chi connectivity index (χ4n) is 2.71. The van der Waals surface area contributed by atoms with Crippen molar-refractivity contribution in [1.29, 1.82) is 0 Å². The van der Waals surface area contributed by atoms with E-state index in [-0.39, 0.29) is 5.91 Å². The van der Waals surface area contributed by atoms with Gasteiger partial charge >= 0.3 is 0 Å². The summed E-state index contributed by atoms with van der Waals surface area (Å²) in [5.74, 6) is 0.141. The minimum absolute atomic E-state index is 0.141. The molecule has 0 atom stereocenters. The van der Waals surface area contributed by atoms with Gasteiger partial charge in [0.1, 0.15) is 0 Å². The molecule has 0 saturated carbocycles. The molecule has 2 nitrogen and oxygen atoms in total.